The van der Waals surface area contributed by atoms with Crippen LogP contribution in [-0.4, -0.2) is 17.4 Å². The van der Waals surface area contributed by atoms with Crippen molar-refractivity contribution in [3.63, 3.8) is 0 Å². The van der Waals surface area contributed by atoms with Crippen LogP contribution in [-0.2, 0) is 0 Å². The van der Waals surface area contributed by atoms with Gasteiger partial charge in [-0.15, -0.1) is 6.58 Å². The van der Waals surface area contributed by atoms with Crippen molar-refractivity contribution in [2.75, 3.05) is 17.2 Å². The molecule has 0 fully saturated rings. The minimum atomic E-state index is -0.278. The fourth-order valence-corrected chi connectivity index (χ4v) is 1.72. The second-order valence-electron chi connectivity index (χ2n) is 4.28. The van der Waals surface area contributed by atoms with Crippen LogP contribution in [0.15, 0.2) is 55.4 Å². The van der Waals surface area contributed by atoms with E-state index in [1.165, 1.54) is 6.20 Å². The Balaban J connectivity index is 2.12. The van der Waals surface area contributed by atoms with Crippen LogP contribution in [0.25, 0.3) is 0 Å². The third-order valence-corrected chi connectivity index (χ3v) is 2.70. The highest BCUT2D eigenvalue weighted by atomic mass is 16.1. The quantitative estimate of drug-likeness (QED) is 0.824. The zero-order valence-electron chi connectivity index (χ0n) is 11.3. The van der Waals surface area contributed by atoms with Gasteiger partial charge in [0.05, 0.1) is 22.9 Å². The molecule has 2 aromatic rings. The van der Waals surface area contributed by atoms with Gasteiger partial charge in [0.25, 0.3) is 5.91 Å². The smallest absolute Gasteiger partial charge is 0.257 e. The molecule has 0 spiro atoms. The van der Waals surface area contributed by atoms with Gasteiger partial charge in [-0.2, -0.15) is 5.26 Å². The van der Waals surface area contributed by atoms with Gasteiger partial charge in [-0.3, -0.25) is 9.78 Å². The van der Waals surface area contributed by atoms with Crippen molar-refractivity contribution in [2.45, 2.75) is 0 Å². The number of amides is 1. The van der Waals surface area contributed by atoms with E-state index in [1.807, 2.05) is 6.07 Å². The van der Waals surface area contributed by atoms with Gasteiger partial charge in [0, 0.05) is 24.6 Å². The maximum absolute atomic E-state index is 12.2. The number of hydrogen-bond acceptors (Lipinski definition) is 4. The molecule has 0 saturated heterocycles. The maximum Gasteiger partial charge on any atom is 0.257 e. The van der Waals surface area contributed by atoms with Crippen LogP contribution < -0.4 is 10.6 Å². The van der Waals surface area contributed by atoms with Crippen LogP contribution in [0.3, 0.4) is 0 Å². The average Bonchev–Trinajstić information content (AvgIpc) is 2.53. The van der Waals surface area contributed by atoms with Crippen molar-refractivity contribution in [1.82, 2.24) is 4.98 Å². The Hall–Kier alpha value is -3.13. The number of nitriles is 1. The lowest BCUT2D eigenvalue weighted by Crippen LogP contribution is -2.13. The third kappa shape index (κ3) is 3.91. The van der Waals surface area contributed by atoms with Crippen molar-refractivity contribution in [1.29, 1.82) is 5.26 Å². The van der Waals surface area contributed by atoms with Gasteiger partial charge in [-0.05, 0) is 24.3 Å². The summed E-state index contributed by atoms with van der Waals surface area (Å²) < 4.78 is 0. The number of nitrogens with one attached hydrogen (secondary N) is 2. The topological polar surface area (TPSA) is 77.8 Å². The summed E-state index contributed by atoms with van der Waals surface area (Å²) in [6, 6.07) is 10.5. The van der Waals surface area contributed by atoms with Crippen LogP contribution in [0.1, 0.15) is 15.9 Å². The van der Waals surface area contributed by atoms with Crippen LogP contribution in [0, 0.1) is 11.3 Å². The molecule has 0 unspecified atom stereocenters. The Morgan fingerprint density at radius 3 is 2.95 bits per heavy atom. The van der Waals surface area contributed by atoms with Gasteiger partial charge in [-0.1, -0.05) is 12.1 Å². The molecule has 0 saturated carbocycles. The molecule has 0 radical (unpaired) electrons. The first-order chi connectivity index (χ1) is 10.2. The highest BCUT2D eigenvalue weighted by Crippen LogP contribution is 2.13. The van der Waals surface area contributed by atoms with Gasteiger partial charge < -0.3 is 10.6 Å². The minimum absolute atomic E-state index is 0.278. The van der Waals surface area contributed by atoms with E-state index >= 15 is 0 Å². The molecule has 5 nitrogen and oxygen atoms in total. The number of hydrogen-bond donors (Lipinski definition) is 2. The first-order valence-electron chi connectivity index (χ1n) is 6.34. The number of rotatable bonds is 5. The third-order valence-electron chi connectivity index (χ3n) is 2.70. The number of carbonyl (C=O) groups excluding carboxylic acids is 1. The molecule has 1 heterocycles. The summed E-state index contributed by atoms with van der Waals surface area (Å²) in [5.41, 5.74) is 2.25. The molecule has 104 valence electrons. The van der Waals surface area contributed by atoms with Crippen molar-refractivity contribution >= 4 is 17.3 Å². The zero-order valence-corrected chi connectivity index (χ0v) is 11.3. The Bertz CT molecular complexity index is 703. The molecular formula is C16H14N4O. The van der Waals surface area contributed by atoms with E-state index in [-0.39, 0.29) is 5.91 Å². The average molecular weight is 278 g/mol. The maximum atomic E-state index is 12.2. The van der Waals surface area contributed by atoms with Crippen molar-refractivity contribution < 1.29 is 4.79 Å². The Labute approximate surface area is 122 Å². The van der Waals surface area contributed by atoms with Crippen LogP contribution in [0.2, 0.25) is 0 Å². The largest absolute Gasteiger partial charge is 0.380 e. The van der Waals surface area contributed by atoms with Gasteiger partial charge >= 0.3 is 0 Å². The van der Waals surface area contributed by atoms with Crippen molar-refractivity contribution in [3.8, 4) is 6.07 Å². The second kappa shape index (κ2) is 6.87. The lowest BCUT2D eigenvalue weighted by molar-refractivity contribution is 0.102. The molecule has 0 aliphatic heterocycles. The van der Waals surface area contributed by atoms with Crippen molar-refractivity contribution in [2.24, 2.45) is 0 Å². The monoisotopic (exact) mass is 278 g/mol. The summed E-state index contributed by atoms with van der Waals surface area (Å²) in [4.78, 5) is 16.2. The molecule has 1 aromatic heterocycles. The van der Waals surface area contributed by atoms with Gasteiger partial charge in [0.2, 0.25) is 0 Å². The van der Waals surface area contributed by atoms with E-state index < -0.39 is 0 Å². The fraction of sp³-hybridized carbons (Fsp3) is 0.0625. The summed E-state index contributed by atoms with van der Waals surface area (Å²) in [5, 5.41) is 14.6. The summed E-state index contributed by atoms with van der Waals surface area (Å²) in [5.74, 6) is -0.278. The lowest BCUT2D eigenvalue weighted by Gasteiger charge is -2.07. The molecule has 21 heavy (non-hydrogen) atoms. The number of aromatic nitrogens is 1. The summed E-state index contributed by atoms with van der Waals surface area (Å²) >= 11 is 0. The molecular weight excluding hydrogens is 264 g/mol. The van der Waals surface area contributed by atoms with Gasteiger partial charge in [-0.25, -0.2) is 0 Å². The molecule has 0 atom stereocenters. The Morgan fingerprint density at radius 2 is 2.19 bits per heavy atom. The number of benzene rings is 1. The molecule has 2 N–H and O–H groups in total. The van der Waals surface area contributed by atoms with Crippen LogP contribution in [0.4, 0.5) is 11.4 Å². The summed E-state index contributed by atoms with van der Waals surface area (Å²) in [6.45, 7) is 4.21. The van der Waals surface area contributed by atoms with Gasteiger partial charge in [0.15, 0.2) is 0 Å². The highest BCUT2D eigenvalue weighted by Gasteiger charge is 2.07. The molecule has 2 rings (SSSR count). The molecule has 0 aliphatic rings. The summed E-state index contributed by atoms with van der Waals surface area (Å²) in [7, 11) is 0. The summed E-state index contributed by atoms with van der Waals surface area (Å²) in [6.07, 6.45) is 4.85. The molecule has 0 aliphatic carbocycles. The SMILES string of the molecule is C=CCNc1cncc(C(=O)Nc2cccc(C#N)c2)c1. The molecule has 5 heteroatoms. The zero-order chi connectivity index (χ0) is 15.1. The number of nitrogens with zero attached hydrogens (tertiary/aromatic N) is 2. The predicted octanol–water partition coefficient (Wildman–Crippen LogP) is 2.80. The van der Waals surface area contributed by atoms with Gasteiger partial charge in [0.1, 0.15) is 0 Å². The number of anilines is 2. The first kappa shape index (κ1) is 14.3. The number of pyridine rings is 1. The van der Waals surface area contributed by atoms with E-state index in [4.69, 9.17) is 5.26 Å². The van der Waals surface area contributed by atoms with E-state index in [9.17, 15) is 4.79 Å². The first-order valence-corrected chi connectivity index (χ1v) is 6.34. The fourth-order valence-electron chi connectivity index (χ4n) is 1.72. The number of carbonyl (C=O) groups is 1. The van der Waals surface area contributed by atoms with Crippen molar-refractivity contribution in [3.05, 3.63) is 66.5 Å². The van der Waals surface area contributed by atoms with Crippen LogP contribution in [0.5, 0.6) is 0 Å². The van der Waals surface area contributed by atoms with Crippen LogP contribution >= 0.6 is 0 Å². The van der Waals surface area contributed by atoms with E-state index in [1.54, 1.807) is 42.6 Å². The van der Waals surface area contributed by atoms with E-state index in [2.05, 4.69) is 22.2 Å². The predicted molar refractivity (Wildman–Crippen MR) is 82.0 cm³/mol. The molecule has 0 bridgehead atoms. The second-order valence-corrected chi connectivity index (χ2v) is 4.28. The lowest BCUT2D eigenvalue weighted by atomic mass is 10.2. The Kier molecular flexibility index (Phi) is 4.67. The normalized spacial score (nSPS) is 9.48. The molecule has 1 amide bonds. The van der Waals surface area contributed by atoms with E-state index in [0.29, 0.717) is 23.4 Å². The Morgan fingerprint density at radius 1 is 1.33 bits per heavy atom. The highest BCUT2D eigenvalue weighted by molar-refractivity contribution is 6.04. The molecule has 1 aromatic carbocycles. The standard InChI is InChI=1S/C16H14N4O/c1-2-6-19-15-8-13(10-18-11-15)16(21)20-14-5-3-4-12(7-14)9-17/h2-5,7-8,10-11,19H,1,6H2,(H,20,21). The van der Waals surface area contributed by atoms with E-state index in [0.717, 1.165) is 5.69 Å². The minimum Gasteiger partial charge on any atom is -0.380 e.